The zero-order chi connectivity index (χ0) is 8.97. The molecule has 12 heavy (non-hydrogen) atoms. The average molecular weight is 231 g/mol. The van der Waals surface area contributed by atoms with Gasteiger partial charge in [0, 0.05) is 23.6 Å². The fourth-order valence-electron chi connectivity index (χ4n) is 1.05. The Morgan fingerprint density at radius 3 is 2.92 bits per heavy atom. The van der Waals surface area contributed by atoms with Crippen molar-refractivity contribution in [2.24, 2.45) is 5.92 Å². The van der Waals surface area contributed by atoms with Crippen molar-refractivity contribution in [3.63, 3.8) is 0 Å². The molecule has 1 N–H and O–H groups in total. The maximum Gasteiger partial charge on any atom is 0.107 e. The van der Waals surface area contributed by atoms with Gasteiger partial charge >= 0.3 is 0 Å². The summed E-state index contributed by atoms with van der Waals surface area (Å²) in [6, 6.07) is 0. The highest BCUT2D eigenvalue weighted by atomic mass is 79.9. The van der Waals surface area contributed by atoms with Crippen molar-refractivity contribution in [1.29, 1.82) is 0 Å². The van der Waals surface area contributed by atoms with Crippen LogP contribution in [-0.2, 0) is 6.42 Å². The monoisotopic (exact) mass is 230 g/mol. The van der Waals surface area contributed by atoms with Gasteiger partial charge in [-0.15, -0.1) is 0 Å². The maximum absolute atomic E-state index is 4.19. The molecule has 1 aromatic heterocycles. The summed E-state index contributed by atoms with van der Waals surface area (Å²) in [5, 5.41) is 0. The fraction of sp³-hybridized carbons (Fsp3) is 0.667. The Morgan fingerprint density at radius 1 is 1.67 bits per heavy atom. The third-order valence-electron chi connectivity index (χ3n) is 2.20. The number of nitrogens with one attached hydrogen (secondary N) is 1. The lowest BCUT2D eigenvalue weighted by Crippen LogP contribution is -2.13. The van der Waals surface area contributed by atoms with E-state index in [0.717, 1.165) is 12.2 Å². The smallest absolute Gasteiger partial charge is 0.107 e. The van der Waals surface area contributed by atoms with E-state index in [2.05, 4.69) is 39.7 Å². The van der Waals surface area contributed by atoms with E-state index >= 15 is 0 Å². The van der Waals surface area contributed by atoms with Gasteiger partial charge in [0.05, 0.1) is 0 Å². The van der Waals surface area contributed by atoms with Crippen molar-refractivity contribution in [1.82, 2.24) is 9.97 Å². The predicted molar refractivity (Wildman–Crippen MR) is 54.5 cm³/mol. The summed E-state index contributed by atoms with van der Waals surface area (Å²) in [6.45, 7) is 4.46. The van der Waals surface area contributed by atoms with Crippen LogP contribution in [0.2, 0.25) is 0 Å². The maximum atomic E-state index is 4.19. The summed E-state index contributed by atoms with van der Waals surface area (Å²) in [5.41, 5.74) is 0. The van der Waals surface area contributed by atoms with Crippen LogP contribution in [0.25, 0.3) is 0 Å². The fourth-order valence-corrected chi connectivity index (χ4v) is 1.73. The van der Waals surface area contributed by atoms with Crippen LogP contribution < -0.4 is 0 Å². The number of nitrogens with zero attached hydrogens (tertiary/aromatic N) is 1. The summed E-state index contributed by atoms with van der Waals surface area (Å²) in [5.74, 6) is 1.77. The molecule has 0 aliphatic carbocycles. The molecule has 0 fully saturated rings. The van der Waals surface area contributed by atoms with Crippen LogP contribution in [0.1, 0.15) is 26.1 Å². The number of aromatic nitrogens is 2. The minimum Gasteiger partial charge on any atom is -0.349 e. The van der Waals surface area contributed by atoms with Crippen LogP contribution in [0.4, 0.5) is 0 Å². The molecule has 0 radical (unpaired) electrons. The van der Waals surface area contributed by atoms with Gasteiger partial charge in [0.25, 0.3) is 0 Å². The lowest BCUT2D eigenvalue weighted by molar-refractivity contribution is 0.532. The van der Waals surface area contributed by atoms with Crippen molar-refractivity contribution in [2.75, 3.05) is 0 Å². The second-order valence-corrected chi connectivity index (χ2v) is 4.32. The molecule has 2 atom stereocenters. The van der Waals surface area contributed by atoms with Crippen LogP contribution in [-0.4, -0.2) is 14.8 Å². The molecule has 0 amide bonds. The highest BCUT2D eigenvalue weighted by Gasteiger charge is 2.13. The number of aromatic amines is 1. The molecular weight excluding hydrogens is 216 g/mol. The van der Waals surface area contributed by atoms with E-state index in [1.165, 1.54) is 6.42 Å². The average Bonchev–Trinajstić information content (AvgIpc) is 2.55. The first-order chi connectivity index (χ1) is 5.74. The van der Waals surface area contributed by atoms with Gasteiger partial charge < -0.3 is 4.98 Å². The summed E-state index contributed by atoms with van der Waals surface area (Å²) in [4.78, 5) is 7.83. The molecule has 0 aromatic carbocycles. The number of hydrogen-bond acceptors (Lipinski definition) is 1. The Morgan fingerprint density at radius 2 is 2.42 bits per heavy atom. The van der Waals surface area contributed by atoms with Gasteiger partial charge in [-0.25, -0.2) is 4.98 Å². The number of rotatable bonds is 4. The second kappa shape index (κ2) is 4.65. The standard InChI is InChI=1S/C9H15BrN2/c1-3-7(2)8(10)6-9-11-4-5-12-9/h4-5,7-8H,3,6H2,1-2H3,(H,11,12). The third-order valence-corrected chi connectivity index (χ3v) is 3.43. The van der Waals surface area contributed by atoms with Gasteiger partial charge in [-0.05, 0) is 5.92 Å². The predicted octanol–water partition coefficient (Wildman–Crippen LogP) is 2.76. The Balaban J connectivity index is 2.41. The molecule has 68 valence electrons. The lowest BCUT2D eigenvalue weighted by Gasteiger charge is -2.14. The molecule has 0 saturated heterocycles. The highest BCUT2D eigenvalue weighted by molar-refractivity contribution is 9.09. The van der Waals surface area contributed by atoms with Gasteiger partial charge in [0.1, 0.15) is 5.82 Å². The van der Waals surface area contributed by atoms with Gasteiger partial charge in [0.15, 0.2) is 0 Å². The molecule has 1 heterocycles. The molecule has 0 saturated carbocycles. The van der Waals surface area contributed by atoms with Crippen LogP contribution in [0, 0.1) is 5.92 Å². The summed E-state index contributed by atoms with van der Waals surface area (Å²) < 4.78 is 0. The van der Waals surface area contributed by atoms with E-state index in [4.69, 9.17) is 0 Å². The Labute approximate surface area is 81.9 Å². The van der Waals surface area contributed by atoms with Crippen LogP contribution in [0.15, 0.2) is 12.4 Å². The molecular formula is C9H15BrN2. The topological polar surface area (TPSA) is 28.7 Å². The van der Waals surface area contributed by atoms with E-state index in [1.54, 1.807) is 6.20 Å². The van der Waals surface area contributed by atoms with Crippen molar-refractivity contribution in [3.05, 3.63) is 18.2 Å². The van der Waals surface area contributed by atoms with Crippen molar-refractivity contribution in [3.8, 4) is 0 Å². The summed E-state index contributed by atoms with van der Waals surface area (Å²) in [6.07, 6.45) is 5.86. The number of halogens is 1. The van der Waals surface area contributed by atoms with Crippen molar-refractivity contribution in [2.45, 2.75) is 31.5 Å². The SMILES string of the molecule is CCC(C)C(Br)Cc1ncc[nH]1. The minimum atomic E-state index is 0.536. The van der Waals surface area contributed by atoms with E-state index in [-0.39, 0.29) is 0 Å². The normalized spacial score (nSPS) is 15.9. The number of imidazole rings is 1. The largest absolute Gasteiger partial charge is 0.349 e. The Hall–Kier alpha value is -0.310. The molecule has 0 aliphatic rings. The first kappa shape index (κ1) is 9.78. The zero-order valence-electron chi connectivity index (χ0n) is 7.55. The molecule has 0 spiro atoms. The van der Waals surface area contributed by atoms with Crippen LogP contribution in [0.5, 0.6) is 0 Å². The molecule has 1 aromatic rings. The first-order valence-electron chi connectivity index (χ1n) is 4.36. The number of hydrogen-bond donors (Lipinski definition) is 1. The van der Waals surface area contributed by atoms with Gasteiger partial charge in [-0.2, -0.15) is 0 Å². The highest BCUT2D eigenvalue weighted by Crippen LogP contribution is 2.18. The zero-order valence-corrected chi connectivity index (χ0v) is 9.13. The van der Waals surface area contributed by atoms with E-state index < -0.39 is 0 Å². The summed E-state index contributed by atoms with van der Waals surface area (Å²) >= 11 is 3.66. The minimum absolute atomic E-state index is 0.536. The quantitative estimate of drug-likeness (QED) is 0.793. The lowest BCUT2D eigenvalue weighted by atomic mass is 10.0. The number of alkyl halides is 1. The molecule has 2 nitrogen and oxygen atoms in total. The van der Waals surface area contributed by atoms with Crippen LogP contribution >= 0.6 is 15.9 Å². The van der Waals surface area contributed by atoms with Crippen LogP contribution in [0.3, 0.4) is 0 Å². The third kappa shape index (κ3) is 2.63. The molecule has 3 heteroatoms. The van der Waals surface area contributed by atoms with E-state index in [9.17, 15) is 0 Å². The molecule has 0 aliphatic heterocycles. The Bertz CT molecular complexity index is 208. The molecule has 0 bridgehead atoms. The first-order valence-corrected chi connectivity index (χ1v) is 5.28. The van der Waals surface area contributed by atoms with Crippen molar-refractivity contribution < 1.29 is 0 Å². The summed E-state index contributed by atoms with van der Waals surface area (Å²) in [7, 11) is 0. The van der Waals surface area contributed by atoms with E-state index in [1.807, 2.05) is 6.20 Å². The number of H-pyrrole nitrogens is 1. The van der Waals surface area contributed by atoms with Gasteiger partial charge in [-0.3, -0.25) is 0 Å². The van der Waals surface area contributed by atoms with Gasteiger partial charge in [0.2, 0.25) is 0 Å². The Kier molecular flexibility index (Phi) is 3.79. The molecule has 2 unspecified atom stereocenters. The van der Waals surface area contributed by atoms with Crippen molar-refractivity contribution >= 4 is 15.9 Å². The van der Waals surface area contributed by atoms with E-state index in [0.29, 0.717) is 10.7 Å². The van der Waals surface area contributed by atoms with Gasteiger partial charge in [-0.1, -0.05) is 36.2 Å². The molecule has 1 rings (SSSR count). The second-order valence-electron chi connectivity index (χ2n) is 3.14.